The maximum absolute atomic E-state index is 12.0. The van der Waals surface area contributed by atoms with Gasteiger partial charge < -0.3 is 14.5 Å². The molecule has 1 heterocycles. The Kier molecular flexibility index (Phi) is 5.16. The first-order valence-electron chi connectivity index (χ1n) is 5.17. The third kappa shape index (κ3) is 3.88. The highest BCUT2D eigenvalue weighted by molar-refractivity contribution is 5.99. The lowest BCUT2D eigenvalue weighted by atomic mass is 10.1. The molecule has 0 aliphatic rings. The number of ether oxygens (including phenoxy) is 1. The predicted octanol–water partition coefficient (Wildman–Crippen LogP) is 1.17. The number of hydrogen-bond donors (Lipinski definition) is 1. The molecule has 0 bridgehead atoms. The van der Waals surface area contributed by atoms with Crippen LogP contribution in [0.5, 0.6) is 0 Å². The predicted molar refractivity (Wildman–Crippen MR) is 61.7 cm³/mol. The third-order valence-corrected chi connectivity index (χ3v) is 2.19. The van der Waals surface area contributed by atoms with Gasteiger partial charge in [0, 0.05) is 6.54 Å². The Balaban J connectivity index is 2.71. The fraction of sp³-hybridized carbons (Fsp3) is 0.333. The number of esters is 1. The van der Waals surface area contributed by atoms with E-state index < -0.39 is 12.0 Å². The van der Waals surface area contributed by atoms with Gasteiger partial charge in [0.1, 0.15) is 0 Å². The van der Waals surface area contributed by atoms with Gasteiger partial charge in [-0.3, -0.25) is 9.59 Å². The quantitative estimate of drug-likeness (QED) is 0.438. The third-order valence-electron chi connectivity index (χ3n) is 2.19. The highest BCUT2D eigenvalue weighted by Crippen LogP contribution is 2.07. The number of Topliss-reactive ketones (excluding diaryl/α,β-unsaturated/α-hetero) is 1. The number of nitrogens with one attached hydrogen (secondary N) is 1. The number of rotatable bonds is 7. The first kappa shape index (κ1) is 13.2. The molecule has 1 aromatic heterocycles. The van der Waals surface area contributed by atoms with Gasteiger partial charge in [0.15, 0.2) is 5.76 Å². The normalized spacial score (nSPS) is 11.8. The van der Waals surface area contributed by atoms with E-state index in [0.717, 1.165) is 0 Å². The van der Waals surface area contributed by atoms with Crippen molar-refractivity contribution in [3.63, 3.8) is 0 Å². The van der Waals surface area contributed by atoms with Crippen molar-refractivity contribution in [3.05, 3.63) is 36.8 Å². The molecule has 92 valence electrons. The number of ketones is 1. The van der Waals surface area contributed by atoms with Crippen molar-refractivity contribution < 1.29 is 18.7 Å². The standard InChI is InChI=1S/C12H15NO4/c1-3-6-13-9(8-11(14)16-2)12(15)10-5-4-7-17-10/h3-5,7,9,13H,1,6,8H2,2H3. The van der Waals surface area contributed by atoms with E-state index in [1.54, 1.807) is 18.2 Å². The summed E-state index contributed by atoms with van der Waals surface area (Å²) < 4.78 is 9.54. The molecule has 0 radical (unpaired) electrons. The highest BCUT2D eigenvalue weighted by Gasteiger charge is 2.24. The van der Waals surface area contributed by atoms with E-state index in [2.05, 4.69) is 16.6 Å². The molecule has 1 atom stereocenters. The largest absolute Gasteiger partial charge is 0.469 e. The Morgan fingerprint density at radius 1 is 1.65 bits per heavy atom. The first-order chi connectivity index (χ1) is 8.19. The summed E-state index contributed by atoms with van der Waals surface area (Å²) in [7, 11) is 1.28. The van der Waals surface area contributed by atoms with Gasteiger partial charge in [-0.05, 0) is 12.1 Å². The Labute approximate surface area is 99.4 Å². The average molecular weight is 237 g/mol. The fourth-order valence-electron chi connectivity index (χ4n) is 1.32. The van der Waals surface area contributed by atoms with Crippen LogP contribution >= 0.6 is 0 Å². The van der Waals surface area contributed by atoms with Gasteiger partial charge in [0.2, 0.25) is 5.78 Å². The van der Waals surface area contributed by atoms with E-state index in [1.807, 2.05) is 0 Å². The van der Waals surface area contributed by atoms with Crippen molar-refractivity contribution in [1.82, 2.24) is 5.32 Å². The minimum absolute atomic E-state index is 0.0378. The molecule has 17 heavy (non-hydrogen) atoms. The van der Waals surface area contributed by atoms with Crippen molar-refractivity contribution in [1.29, 1.82) is 0 Å². The molecule has 0 spiro atoms. The summed E-state index contributed by atoms with van der Waals surface area (Å²) >= 11 is 0. The molecule has 0 saturated heterocycles. The van der Waals surface area contributed by atoms with Crippen LogP contribution in [0, 0.1) is 0 Å². The molecule has 0 aliphatic carbocycles. The molecule has 1 unspecified atom stereocenters. The van der Waals surface area contributed by atoms with Crippen LogP contribution in [-0.2, 0) is 9.53 Å². The summed E-state index contributed by atoms with van der Waals surface area (Å²) in [4.78, 5) is 23.2. The van der Waals surface area contributed by atoms with Crippen LogP contribution in [0.15, 0.2) is 35.5 Å². The van der Waals surface area contributed by atoms with Crippen molar-refractivity contribution in [3.8, 4) is 0 Å². The summed E-state index contributed by atoms with van der Waals surface area (Å²) in [6.45, 7) is 3.97. The zero-order chi connectivity index (χ0) is 12.7. The van der Waals surface area contributed by atoms with Gasteiger partial charge in [-0.2, -0.15) is 0 Å². The second kappa shape index (κ2) is 6.65. The van der Waals surface area contributed by atoms with Gasteiger partial charge in [-0.1, -0.05) is 6.08 Å². The Hall–Kier alpha value is -1.88. The maximum Gasteiger partial charge on any atom is 0.307 e. The number of carbonyl (C=O) groups is 2. The minimum atomic E-state index is -0.661. The van der Waals surface area contributed by atoms with Gasteiger partial charge in [0.05, 0.1) is 25.8 Å². The molecule has 0 fully saturated rings. The number of furan rings is 1. The molecule has 0 aromatic carbocycles. The maximum atomic E-state index is 12.0. The monoisotopic (exact) mass is 237 g/mol. The minimum Gasteiger partial charge on any atom is -0.469 e. The molecule has 1 N–H and O–H groups in total. The van der Waals surface area contributed by atoms with E-state index in [-0.39, 0.29) is 18.0 Å². The van der Waals surface area contributed by atoms with Crippen LogP contribution in [0.25, 0.3) is 0 Å². The Bertz CT molecular complexity index is 383. The van der Waals surface area contributed by atoms with Crippen molar-refractivity contribution in [2.75, 3.05) is 13.7 Å². The van der Waals surface area contributed by atoms with Gasteiger partial charge >= 0.3 is 5.97 Å². The summed E-state index contributed by atoms with van der Waals surface area (Å²) in [5, 5.41) is 2.89. The first-order valence-corrected chi connectivity index (χ1v) is 5.17. The smallest absolute Gasteiger partial charge is 0.307 e. The fourth-order valence-corrected chi connectivity index (χ4v) is 1.32. The highest BCUT2D eigenvalue weighted by atomic mass is 16.5. The average Bonchev–Trinajstić information content (AvgIpc) is 2.86. The summed E-state index contributed by atoms with van der Waals surface area (Å²) in [6, 6.07) is 2.52. The van der Waals surface area contributed by atoms with E-state index in [9.17, 15) is 9.59 Å². The molecule has 0 saturated carbocycles. The van der Waals surface area contributed by atoms with Gasteiger partial charge in [0.25, 0.3) is 0 Å². The van der Waals surface area contributed by atoms with Crippen LogP contribution in [0.1, 0.15) is 17.0 Å². The molecule has 1 rings (SSSR count). The molecular weight excluding hydrogens is 222 g/mol. The van der Waals surface area contributed by atoms with Crippen LogP contribution in [0.4, 0.5) is 0 Å². The van der Waals surface area contributed by atoms with Crippen LogP contribution in [-0.4, -0.2) is 31.4 Å². The van der Waals surface area contributed by atoms with Crippen molar-refractivity contribution in [2.45, 2.75) is 12.5 Å². The SMILES string of the molecule is C=CCNC(CC(=O)OC)C(=O)c1ccco1. The topological polar surface area (TPSA) is 68.5 Å². The molecule has 0 aliphatic heterocycles. The van der Waals surface area contributed by atoms with Crippen LogP contribution in [0.2, 0.25) is 0 Å². The van der Waals surface area contributed by atoms with E-state index >= 15 is 0 Å². The van der Waals surface area contributed by atoms with Crippen molar-refractivity contribution in [2.24, 2.45) is 0 Å². The number of hydrogen-bond acceptors (Lipinski definition) is 5. The summed E-state index contributed by atoms with van der Waals surface area (Å²) in [6.07, 6.45) is 2.99. The second-order valence-electron chi connectivity index (χ2n) is 3.37. The zero-order valence-electron chi connectivity index (χ0n) is 9.64. The van der Waals surface area contributed by atoms with Gasteiger partial charge in [-0.25, -0.2) is 0 Å². The lowest BCUT2D eigenvalue weighted by molar-refractivity contribution is -0.140. The molecule has 5 heteroatoms. The zero-order valence-corrected chi connectivity index (χ0v) is 9.64. The van der Waals surface area contributed by atoms with E-state index in [0.29, 0.717) is 6.54 Å². The van der Waals surface area contributed by atoms with Crippen molar-refractivity contribution >= 4 is 11.8 Å². The molecule has 5 nitrogen and oxygen atoms in total. The van der Waals surface area contributed by atoms with Crippen LogP contribution < -0.4 is 5.32 Å². The second-order valence-corrected chi connectivity index (χ2v) is 3.37. The number of carbonyl (C=O) groups excluding carboxylic acids is 2. The molecule has 1 aromatic rings. The molecular formula is C12H15NO4. The summed E-state index contributed by atoms with van der Waals surface area (Å²) in [5.41, 5.74) is 0. The Morgan fingerprint density at radius 3 is 2.94 bits per heavy atom. The van der Waals surface area contributed by atoms with Gasteiger partial charge in [-0.15, -0.1) is 6.58 Å². The number of methoxy groups -OCH3 is 1. The van der Waals surface area contributed by atoms with E-state index in [4.69, 9.17) is 4.42 Å². The lowest BCUT2D eigenvalue weighted by Gasteiger charge is -2.13. The van der Waals surface area contributed by atoms with E-state index in [1.165, 1.54) is 13.4 Å². The summed E-state index contributed by atoms with van der Waals surface area (Å²) in [5.74, 6) is -0.510. The Morgan fingerprint density at radius 2 is 2.41 bits per heavy atom. The lowest BCUT2D eigenvalue weighted by Crippen LogP contribution is -2.38. The van der Waals surface area contributed by atoms with Crippen LogP contribution in [0.3, 0.4) is 0 Å². The molecule has 0 amide bonds.